The summed E-state index contributed by atoms with van der Waals surface area (Å²) in [6.45, 7) is 3.06. The number of carboxylic acid groups (broad SMARTS) is 1. The Morgan fingerprint density at radius 2 is 1.79 bits per heavy atom. The van der Waals surface area contributed by atoms with Crippen molar-refractivity contribution in [3.63, 3.8) is 0 Å². The molecule has 0 saturated heterocycles. The fraction of sp³-hybridized carbons (Fsp3) is 0.250. The standard InChI is InChI=1S/C24H25FN4O4/c1-14(17-8-9-19(20(25)10-17)16-6-4-3-5-7-16)22(30)28-15(2)23(31)29-21(24(32)33)11-18-12-26-13-27-18/h3-10,12-15,21H,11H2,1-2H3,(H,26,27)(H,28,30)(H,29,31)(H,32,33). The van der Waals surface area contributed by atoms with E-state index in [-0.39, 0.29) is 6.42 Å². The van der Waals surface area contributed by atoms with Crippen LogP contribution in [0.3, 0.4) is 0 Å². The summed E-state index contributed by atoms with van der Waals surface area (Å²) in [5.41, 5.74) is 2.16. The first kappa shape index (κ1) is 23.6. The molecule has 1 aromatic heterocycles. The Hall–Kier alpha value is -4.01. The minimum absolute atomic E-state index is 0.0190. The number of benzene rings is 2. The Bertz CT molecular complexity index is 1120. The van der Waals surface area contributed by atoms with Crippen LogP contribution in [0, 0.1) is 5.82 Å². The second kappa shape index (κ2) is 10.5. The number of H-pyrrole nitrogens is 1. The third-order valence-electron chi connectivity index (χ3n) is 5.32. The zero-order valence-electron chi connectivity index (χ0n) is 18.2. The molecule has 0 radical (unpaired) electrons. The summed E-state index contributed by atoms with van der Waals surface area (Å²) in [6.07, 6.45) is 2.90. The molecule has 1 heterocycles. The summed E-state index contributed by atoms with van der Waals surface area (Å²) in [5, 5.41) is 14.4. The molecule has 2 aromatic carbocycles. The van der Waals surface area contributed by atoms with Crippen LogP contribution in [-0.4, -0.2) is 44.9 Å². The van der Waals surface area contributed by atoms with Crippen LogP contribution >= 0.6 is 0 Å². The van der Waals surface area contributed by atoms with Crippen molar-refractivity contribution in [2.75, 3.05) is 0 Å². The minimum Gasteiger partial charge on any atom is -0.480 e. The van der Waals surface area contributed by atoms with Gasteiger partial charge in [-0.2, -0.15) is 0 Å². The van der Waals surface area contributed by atoms with Crippen molar-refractivity contribution in [1.82, 2.24) is 20.6 Å². The molecule has 2 amide bonds. The van der Waals surface area contributed by atoms with Crippen LogP contribution in [0.4, 0.5) is 4.39 Å². The van der Waals surface area contributed by atoms with E-state index in [4.69, 9.17) is 0 Å². The van der Waals surface area contributed by atoms with E-state index in [1.54, 1.807) is 31.2 Å². The fourth-order valence-electron chi connectivity index (χ4n) is 3.32. The average Bonchev–Trinajstić information content (AvgIpc) is 3.31. The SMILES string of the molecule is CC(NC(=O)C(C)c1ccc(-c2ccccc2)c(F)c1)C(=O)NC(Cc1cnc[nH]1)C(=O)O. The number of carbonyl (C=O) groups excluding carboxylic acids is 2. The number of aromatic nitrogens is 2. The normalized spacial score (nSPS) is 13.5. The van der Waals surface area contributed by atoms with Gasteiger partial charge in [0.1, 0.15) is 17.9 Å². The van der Waals surface area contributed by atoms with Crippen molar-refractivity contribution >= 4 is 17.8 Å². The number of hydrogen-bond acceptors (Lipinski definition) is 4. The molecule has 0 aliphatic carbocycles. The molecule has 3 aromatic rings. The summed E-state index contributed by atoms with van der Waals surface area (Å²) in [6, 6.07) is 11.5. The number of nitrogens with one attached hydrogen (secondary N) is 3. The first-order valence-corrected chi connectivity index (χ1v) is 10.4. The molecule has 9 heteroatoms. The van der Waals surface area contributed by atoms with E-state index in [0.717, 1.165) is 5.56 Å². The van der Waals surface area contributed by atoms with Crippen molar-refractivity contribution in [2.45, 2.75) is 38.3 Å². The van der Waals surface area contributed by atoms with Gasteiger partial charge in [0.2, 0.25) is 11.8 Å². The first-order valence-electron chi connectivity index (χ1n) is 10.4. The summed E-state index contributed by atoms with van der Waals surface area (Å²) < 4.78 is 14.7. The number of nitrogens with zero attached hydrogens (tertiary/aromatic N) is 1. The van der Waals surface area contributed by atoms with Gasteiger partial charge in [0.05, 0.1) is 12.2 Å². The second-order valence-electron chi connectivity index (χ2n) is 7.74. The monoisotopic (exact) mass is 452 g/mol. The number of rotatable bonds is 9. The van der Waals surface area contributed by atoms with E-state index >= 15 is 0 Å². The zero-order chi connectivity index (χ0) is 24.0. The quantitative estimate of drug-likeness (QED) is 0.397. The van der Waals surface area contributed by atoms with Crippen LogP contribution in [-0.2, 0) is 20.8 Å². The number of hydrogen-bond donors (Lipinski definition) is 4. The Morgan fingerprint density at radius 1 is 1.06 bits per heavy atom. The van der Waals surface area contributed by atoms with Gasteiger partial charge in [-0.3, -0.25) is 9.59 Å². The average molecular weight is 452 g/mol. The van der Waals surface area contributed by atoms with Crippen LogP contribution in [0.5, 0.6) is 0 Å². The van der Waals surface area contributed by atoms with Gasteiger partial charge >= 0.3 is 5.97 Å². The van der Waals surface area contributed by atoms with Gasteiger partial charge in [0.25, 0.3) is 0 Å². The zero-order valence-corrected chi connectivity index (χ0v) is 18.2. The summed E-state index contributed by atoms with van der Waals surface area (Å²) in [7, 11) is 0. The molecule has 0 aliphatic rings. The lowest BCUT2D eigenvalue weighted by atomic mass is 9.96. The smallest absolute Gasteiger partial charge is 0.326 e. The van der Waals surface area contributed by atoms with E-state index in [0.29, 0.717) is 16.8 Å². The number of aliphatic carboxylic acids is 1. The number of imidazole rings is 1. The van der Waals surface area contributed by atoms with Gasteiger partial charge in [-0.25, -0.2) is 14.2 Å². The van der Waals surface area contributed by atoms with Gasteiger partial charge in [-0.05, 0) is 31.0 Å². The highest BCUT2D eigenvalue weighted by Gasteiger charge is 2.26. The predicted octanol–water partition coefficient (Wildman–Crippen LogP) is 2.64. The highest BCUT2D eigenvalue weighted by atomic mass is 19.1. The molecular formula is C24H25FN4O4. The van der Waals surface area contributed by atoms with E-state index in [2.05, 4.69) is 20.6 Å². The van der Waals surface area contributed by atoms with Crippen molar-refractivity contribution in [2.24, 2.45) is 0 Å². The van der Waals surface area contributed by atoms with Crippen molar-refractivity contribution in [1.29, 1.82) is 0 Å². The van der Waals surface area contributed by atoms with Gasteiger partial charge in [-0.1, -0.05) is 42.5 Å². The molecule has 33 heavy (non-hydrogen) atoms. The molecule has 0 fully saturated rings. The Kier molecular flexibility index (Phi) is 7.55. The van der Waals surface area contributed by atoms with E-state index in [1.807, 2.05) is 18.2 Å². The van der Waals surface area contributed by atoms with Crippen molar-refractivity contribution in [3.05, 3.63) is 78.1 Å². The predicted molar refractivity (Wildman–Crippen MR) is 120 cm³/mol. The maximum atomic E-state index is 14.7. The highest BCUT2D eigenvalue weighted by Crippen LogP contribution is 2.26. The Balaban J connectivity index is 1.62. The number of aromatic amines is 1. The van der Waals surface area contributed by atoms with Crippen molar-refractivity contribution < 1.29 is 23.9 Å². The minimum atomic E-state index is -1.21. The molecule has 3 unspecified atom stereocenters. The maximum absolute atomic E-state index is 14.7. The molecule has 0 aliphatic heterocycles. The van der Waals surface area contributed by atoms with Crippen molar-refractivity contribution in [3.8, 4) is 11.1 Å². The number of carbonyl (C=O) groups is 3. The van der Waals surface area contributed by atoms with Gasteiger partial charge < -0.3 is 20.7 Å². The van der Waals surface area contributed by atoms with E-state index in [9.17, 15) is 23.9 Å². The van der Waals surface area contributed by atoms with Crippen LogP contribution in [0.2, 0.25) is 0 Å². The van der Waals surface area contributed by atoms with Crippen LogP contribution < -0.4 is 10.6 Å². The molecular weight excluding hydrogens is 427 g/mol. The summed E-state index contributed by atoms with van der Waals surface area (Å²) in [4.78, 5) is 43.2. The molecule has 0 bridgehead atoms. The van der Waals surface area contributed by atoms with Gasteiger partial charge in [-0.15, -0.1) is 0 Å². The maximum Gasteiger partial charge on any atom is 0.326 e. The Labute approximate surface area is 190 Å². The largest absolute Gasteiger partial charge is 0.480 e. The second-order valence-corrected chi connectivity index (χ2v) is 7.74. The molecule has 3 rings (SSSR count). The molecule has 4 N–H and O–H groups in total. The lowest BCUT2D eigenvalue weighted by Crippen LogP contribution is -2.51. The van der Waals surface area contributed by atoms with E-state index in [1.165, 1.54) is 25.5 Å². The van der Waals surface area contributed by atoms with Gasteiger partial charge in [0, 0.05) is 23.9 Å². The third-order valence-corrected chi connectivity index (χ3v) is 5.32. The molecule has 0 spiro atoms. The summed E-state index contributed by atoms with van der Waals surface area (Å²) in [5.74, 6) is -3.51. The highest BCUT2D eigenvalue weighted by molar-refractivity contribution is 5.92. The number of amides is 2. The number of carboxylic acids is 1. The summed E-state index contributed by atoms with van der Waals surface area (Å²) >= 11 is 0. The lowest BCUT2D eigenvalue weighted by molar-refractivity contribution is -0.142. The van der Waals surface area contributed by atoms with Crippen LogP contribution in [0.15, 0.2) is 61.1 Å². The van der Waals surface area contributed by atoms with Gasteiger partial charge in [0.15, 0.2) is 0 Å². The molecule has 172 valence electrons. The first-order chi connectivity index (χ1) is 15.8. The topological polar surface area (TPSA) is 124 Å². The third kappa shape index (κ3) is 6.03. The fourth-order valence-corrected chi connectivity index (χ4v) is 3.32. The number of halogens is 1. The van der Waals surface area contributed by atoms with Crippen LogP contribution in [0.25, 0.3) is 11.1 Å². The molecule has 8 nitrogen and oxygen atoms in total. The Morgan fingerprint density at radius 3 is 2.39 bits per heavy atom. The lowest BCUT2D eigenvalue weighted by Gasteiger charge is -2.20. The van der Waals surface area contributed by atoms with Crippen LogP contribution in [0.1, 0.15) is 31.0 Å². The molecule has 3 atom stereocenters. The van der Waals surface area contributed by atoms with E-state index < -0.39 is 41.6 Å². The molecule has 0 saturated carbocycles.